The molecular weight excluding hydrogens is 416 g/mol. The molecule has 2 aromatic rings. The molecule has 2 fully saturated rings. The first-order valence-corrected chi connectivity index (χ1v) is 12.2. The number of aromatic nitrogens is 1. The number of rotatable bonds is 7. The van der Waals surface area contributed by atoms with Crippen LogP contribution in [0, 0.1) is 0 Å². The van der Waals surface area contributed by atoms with E-state index in [1.807, 2.05) is 17.6 Å². The number of piperidine rings is 1. The van der Waals surface area contributed by atoms with Gasteiger partial charge in [0.25, 0.3) is 11.8 Å². The maximum absolute atomic E-state index is 13.1. The summed E-state index contributed by atoms with van der Waals surface area (Å²) >= 11 is 0. The lowest BCUT2D eigenvalue weighted by Gasteiger charge is -2.32. The number of amides is 2. The number of carbonyl (C=O) groups excluding carboxylic acids is 2. The summed E-state index contributed by atoms with van der Waals surface area (Å²) in [7, 11) is 0. The van der Waals surface area contributed by atoms with Gasteiger partial charge in [0.15, 0.2) is 0 Å². The fraction of sp³-hybridized carbons (Fsp3) is 0.500. The molecule has 2 N–H and O–H groups in total. The third-order valence-electron chi connectivity index (χ3n) is 6.79. The molecule has 2 aliphatic rings. The molecule has 33 heavy (non-hydrogen) atoms. The predicted octanol–water partition coefficient (Wildman–Crippen LogP) is 3.11. The first kappa shape index (κ1) is 23.2. The van der Waals surface area contributed by atoms with Crippen molar-refractivity contribution in [2.24, 2.45) is 0 Å². The van der Waals surface area contributed by atoms with Crippen LogP contribution in [0.5, 0.6) is 0 Å². The van der Waals surface area contributed by atoms with Crippen molar-refractivity contribution in [2.45, 2.75) is 64.1 Å². The Morgan fingerprint density at radius 1 is 0.939 bits per heavy atom. The fourth-order valence-electron chi connectivity index (χ4n) is 4.93. The van der Waals surface area contributed by atoms with Crippen molar-refractivity contribution >= 4 is 11.8 Å². The highest BCUT2D eigenvalue weighted by molar-refractivity contribution is 5.99. The van der Waals surface area contributed by atoms with Crippen LogP contribution in [-0.2, 0) is 6.54 Å². The van der Waals surface area contributed by atoms with Gasteiger partial charge in [-0.25, -0.2) is 0 Å². The number of benzene rings is 1. The number of likely N-dealkylation sites (tertiary alicyclic amines) is 1. The molecule has 1 saturated carbocycles. The van der Waals surface area contributed by atoms with Gasteiger partial charge in [0.2, 0.25) is 5.43 Å². The van der Waals surface area contributed by atoms with E-state index in [1.54, 1.807) is 12.4 Å². The molecule has 0 atom stereocenters. The second-order valence-electron chi connectivity index (χ2n) is 9.17. The molecule has 176 valence electrons. The van der Waals surface area contributed by atoms with Crippen molar-refractivity contribution < 1.29 is 9.59 Å². The van der Waals surface area contributed by atoms with Gasteiger partial charge in [-0.15, -0.1) is 0 Å². The van der Waals surface area contributed by atoms with Crippen molar-refractivity contribution in [1.82, 2.24) is 20.1 Å². The Morgan fingerprint density at radius 2 is 1.58 bits per heavy atom. The molecule has 0 radical (unpaired) electrons. The first-order valence-electron chi connectivity index (χ1n) is 12.2. The van der Waals surface area contributed by atoms with E-state index in [-0.39, 0.29) is 29.1 Å². The number of nitrogens with one attached hydrogen (secondary N) is 2. The van der Waals surface area contributed by atoms with Crippen LogP contribution in [0.25, 0.3) is 0 Å². The molecule has 1 aliphatic heterocycles. The van der Waals surface area contributed by atoms with Crippen molar-refractivity contribution in [3.05, 3.63) is 69.6 Å². The van der Waals surface area contributed by atoms with Gasteiger partial charge < -0.3 is 15.2 Å². The Morgan fingerprint density at radius 3 is 2.21 bits per heavy atom. The van der Waals surface area contributed by atoms with Gasteiger partial charge in [0.1, 0.15) is 11.1 Å². The zero-order valence-corrected chi connectivity index (χ0v) is 19.4. The summed E-state index contributed by atoms with van der Waals surface area (Å²) in [6.45, 7) is 4.94. The van der Waals surface area contributed by atoms with Gasteiger partial charge in [0.05, 0.1) is 0 Å². The molecule has 7 heteroatoms. The zero-order chi connectivity index (χ0) is 23.2. The maximum atomic E-state index is 13.1. The molecule has 2 amide bonds. The van der Waals surface area contributed by atoms with Crippen molar-refractivity contribution in [2.75, 3.05) is 19.6 Å². The minimum absolute atomic E-state index is 0.0250. The number of hydrogen-bond donors (Lipinski definition) is 2. The van der Waals surface area contributed by atoms with Gasteiger partial charge in [-0.2, -0.15) is 0 Å². The summed E-state index contributed by atoms with van der Waals surface area (Å²) in [5.41, 5.74) is 0.912. The van der Waals surface area contributed by atoms with E-state index in [1.165, 1.54) is 5.56 Å². The standard InChI is InChI=1S/C26H34N4O3/c1-2-27-25(32)22-17-30(21-10-6-7-11-21)18-23(24(22)31)26(33)28-20-12-14-29(15-13-20)16-19-8-4-3-5-9-19/h3-5,8-9,17-18,20-21H,2,6-7,10-16H2,1H3,(H,27,32)(H,28,33). The Hall–Kier alpha value is -2.93. The predicted molar refractivity (Wildman–Crippen MR) is 128 cm³/mol. The van der Waals surface area contributed by atoms with Crippen LogP contribution in [0.4, 0.5) is 0 Å². The van der Waals surface area contributed by atoms with Crippen molar-refractivity contribution in [3.63, 3.8) is 0 Å². The molecular formula is C26H34N4O3. The topological polar surface area (TPSA) is 83.4 Å². The second kappa shape index (κ2) is 10.8. The van der Waals surface area contributed by atoms with Crippen LogP contribution in [0.3, 0.4) is 0 Å². The first-order chi connectivity index (χ1) is 16.0. The van der Waals surface area contributed by atoms with E-state index >= 15 is 0 Å². The number of pyridine rings is 1. The minimum atomic E-state index is -0.491. The van der Waals surface area contributed by atoms with E-state index in [0.29, 0.717) is 6.54 Å². The molecule has 4 rings (SSSR count). The third kappa shape index (κ3) is 5.71. The van der Waals surface area contributed by atoms with Crippen molar-refractivity contribution in [3.8, 4) is 0 Å². The minimum Gasteiger partial charge on any atom is -0.352 e. The molecule has 1 aromatic heterocycles. The lowest BCUT2D eigenvalue weighted by atomic mass is 10.0. The van der Waals surface area contributed by atoms with Gasteiger partial charge in [-0.3, -0.25) is 19.3 Å². The summed E-state index contributed by atoms with van der Waals surface area (Å²) in [4.78, 5) is 41.1. The second-order valence-corrected chi connectivity index (χ2v) is 9.17. The average molecular weight is 451 g/mol. The quantitative estimate of drug-likeness (QED) is 0.679. The molecule has 0 spiro atoms. The molecule has 1 aliphatic carbocycles. The number of hydrogen-bond acceptors (Lipinski definition) is 4. The lowest BCUT2D eigenvalue weighted by molar-refractivity contribution is 0.0907. The Kier molecular flexibility index (Phi) is 7.60. The molecule has 7 nitrogen and oxygen atoms in total. The number of carbonyl (C=O) groups is 2. The van der Waals surface area contributed by atoms with Crippen molar-refractivity contribution in [1.29, 1.82) is 0 Å². The van der Waals surface area contributed by atoms with E-state index in [2.05, 4.69) is 39.8 Å². The highest BCUT2D eigenvalue weighted by atomic mass is 16.2. The zero-order valence-electron chi connectivity index (χ0n) is 19.4. The van der Waals surface area contributed by atoms with E-state index in [4.69, 9.17) is 0 Å². The third-order valence-corrected chi connectivity index (χ3v) is 6.79. The van der Waals surface area contributed by atoms with E-state index in [9.17, 15) is 14.4 Å². The highest BCUT2D eigenvalue weighted by Crippen LogP contribution is 2.29. The average Bonchev–Trinajstić information content (AvgIpc) is 3.36. The van der Waals surface area contributed by atoms with Crippen LogP contribution >= 0.6 is 0 Å². The Balaban J connectivity index is 1.45. The van der Waals surface area contributed by atoms with E-state index in [0.717, 1.165) is 58.2 Å². The van der Waals surface area contributed by atoms with Crippen LogP contribution in [0.2, 0.25) is 0 Å². The summed E-state index contributed by atoms with van der Waals surface area (Å²) in [5.74, 6) is -0.794. The lowest BCUT2D eigenvalue weighted by Crippen LogP contribution is -2.45. The van der Waals surface area contributed by atoms with Gasteiger partial charge in [-0.05, 0) is 38.2 Å². The Bertz CT molecular complexity index is 1020. The van der Waals surface area contributed by atoms with Crippen LogP contribution in [0.15, 0.2) is 47.5 Å². The van der Waals surface area contributed by atoms with Crippen LogP contribution in [-0.4, -0.2) is 47.0 Å². The monoisotopic (exact) mass is 450 g/mol. The summed E-state index contributed by atoms with van der Waals surface area (Å²) in [5, 5.41) is 5.77. The maximum Gasteiger partial charge on any atom is 0.256 e. The summed E-state index contributed by atoms with van der Waals surface area (Å²) in [6.07, 6.45) is 9.20. The fourth-order valence-corrected chi connectivity index (χ4v) is 4.93. The largest absolute Gasteiger partial charge is 0.352 e. The smallest absolute Gasteiger partial charge is 0.256 e. The molecule has 0 bridgehead atoms. The van der Waals surface area contributed by atoms with Gasteiger partial charge >= 0.3 is 0 Å². The molecule has 2 heterocycles. The van der Waals surface area contributed by atoms with Crippen LogP contribution in [0.1, 0.15) is 77.8 Å². The molecule has 0 unspecified atom stereocenters. The number of nitrogens with zero attached hydrogens (tertiary/aromatic N) is 2. The molecule has 1 saturated heterocycles. The van der Waals surface area contributed by atoms with Crippen LogP contribution < -0.4 is 16.1 Å². The summed E-state index contributed by atoms with van der Waals surface area (Å²) in [6, 6.07) is 10.6. The van der Waals surface area contributed by atoms with Gasteiger partial charge in [-0.1, -0.05) is 43.2 Å². The SMILES string of the molecule is CCNC(=O)c1cn(C2CCCC2)cc(C(=O)NC2CCN(Cc3ccccc3)CC2)c1=O. The normalized spacial score (nSPS) is 17.7. The highest BCUT2D eigenvalue weighted by Gasteiger charge is 2.26. The van der Waals surface area contributed by atoms with Gasteiger partial charge in [0, 0.05) is 50.7 Å². The molecule has 1 aromatic carbocycles. The Labute approximate surface area is 195 Å². The van der Waals surface area contributed by atoms with E-state index < -0.39 is 11.3 Å². The summed E-state index contributed by atoms with van der Waals surface area (Å²) < 4.78 is 1.91.